The molecule has 5 rings (SSSR count). The summed E-state index contributed by atoms with van der Waals surface area (Å²) < 4.78 is 6.47. The zero-order chi connectivity index (χ0) is 23.1. The number of anilines is 1. The molecule has 1 fully saturated rings. The Balaban J connectivity index is 1.62. The fraction of sp³-hybridized carbons (Fsp3) is 0.185. The number of nitrogens with one attached hydrogen (secondary N) is 1. The van der Waals surface area contributed by atoms with Crippen LogP contribution in [0.25, 0.3) is 11.3 Å². The molecule has 2 atom stereocenters. The Morgan fingerprint density at radius 2 is 1.76 bits per heavy atom. The summed E-state index contributed by atoms with van der Waals surface area (Å²) in [7, 11) is 0. The molecule has 3 heterocycles. The summed E-state index contributed by atoms with van der Waals surface area (Å²) in [6.07, 6.45) is 1.80. The summed E-state index contributed by atoms with van der Waals surface area (Å²) in [4.78, 5) is 6.75. The normalized spacial score (nSPS) is 17.9. The first kappa shape index (κ1) is 21.7. The molecule has 33 heavy (non-hydrogen) atoms. The average molecular weight is 474 g/mol. The van der Waals surface area contributed by atoms with Gasteiger partial charge < -0.3 is 14.6 Å². The van der Waals surface area contributed by atoms with Crippen LogP contribution >= 0.6 is 23.8 Å². The highest BCUT2D eigenvalue weighted by Crippen LogP contribution is 2.43. The Bertz CT molecular complexity index is 1330. The van der Waals surface area contributed by atoms with Gasteiger partial charge in [0.05, 0.1) is 11.7 Å². The number of hydrogen-bond acceptors (Lipinski definition) is 3. The summed E-state index contributed by atoms with van der Waals surface area (Å²) in [5.74, 6) is 1.59. The Kier molecular flexibility index (Phi) is 5.69. The highest BCUT2D eigenvalue weighted by atomic mass is 35.5. The molecule has 1 saturated heterocycles. The van der Waals surface area contributed by atoms with Crippen LogP contribution in [-0.2, 0) is 0 Å². The highest BCUT2D eigenvalue weighted by molar-refractivity contribution is 7.80. The van der Waals surface area contributed by atoms with Gasteiger partial charge in [-0.05, 0) is 98.2 Å². The third-order valence-corrected chi connectivity index (χ3v) is 6.80. The monoisotopic (exact) mass is 473 g/mol. The van der Waals surface area contributed by atoms with Crippen molar-refractivity contribution >= 4 is 34.6 Å². The van der Waals surface area contributed by atoms with E-state index >= 15 is 0 Å². The minimum Gasteiger partial charge on any atom is -0.459 e. The van der Waals surface area contributed by atoms with Crippen LogP contribution in [0.1, 0.15) is 40.2 Å². The zero-order valence-electron chi connectivity index (χ0n) is 18.7. The van der Waals surface area contributed by atoms with E-state index in [2.05, 4.69) is 54.2 Å². The topological polar surface area (TPSA) is 41.3 Å². The van der Waals surface area contributed by atoms with Crippen molar-refractivity contribution in [3.63, 3.8) is 0 Å². The van der Waals surface area contributed by atoms with Crippen LogP contribution in [0.3, 0.4) is 0 Å². The van der Waals surface area contributed by atoms with Crippen molar-refractivity contribution in [3.8, 4) is 11.3 Å². The molecule has 2 aromatic heterocycles. The van der Waals surface area contributed by atoms with Gasteiger partial charge in [-0.3, -0.25) is 4.98 Å². The van der Waals surface area contributed by atoms with Gasteiger partial charge in [0, 0.05) is 22.5 Å². The van der Waals surface area contributed by atoms with E-state index in [0.717, 1.165) is 34.0 Å². The Labute approximate surface area is 204 Å². The number of thiocarbonyl (C=S) groups is 1. The predicted octanol–water partition coefficient (Wildman–Crippen LogP) is 7.10. The van der Waals surface area contributed by atoms with Crippen molar-refractivity contribution in [2.45, 2.75) is 32.9 Å². The molecule has 166 valence electrons. The molecule has 0 radical (unpaired) electrons. The Morgan fingerprint density at radius 3 is 2.52 bits per heavy atom. The smallest absolute Gasteiger partial charge is 0.174 e. The Hall–Kier alpha value is -3.15. The van der Waals surface area contributed by atoms with E-state index in [9.17, 15) is 0 Å². The van der Waals surface area contributed by atoms with Crippen LogP contribution in [0.5, 0.6) is 0 Å². The maximum absolute atomic E-state index is 6.47. The minimum absolute atomic E-state index is 0.153. The van der Waals surface area contributed by atoms with Gasteiger partial charge in [-0.15, -0.1) is 0 Å². The van der Waals surface area contributed by atoms with Gasteiger partial charge in [0.2, 0.25) is 0 Å². The largest absolute Gasteiger partial charge is 0.459 e. The number of furan rings is 1. The second-order valence-corrected chi connectivity index (χ2v) is 9.25. The number of rotatable bonds is 4. The standard InChI is InChI=1S/C27H24ClN3OS/c1-16-8-10-20(14-18(16)3)31-26(25(30-27(31)33)22-6-4-5-13-29-22)24-12-11-23(32-24)21-15-19(28)9-7-17(21)2/h4-15,25-26H,1-3H3,(H,30,33). The van der Waals surface area contributed by atoms with Gasteiger partial charge >= 0.3 is 0 Å². The number of aryl methyl sites for hydroxylation is 3. The van der Waals surface area contributed by atoms with Crippen molar-refractivity contribution in [1.82, 2.24) is 10.3 Å². The second-order valence-electron chi connectivity index (χ2n) is 8.43. The van der Waals surface area contributed by atoms with Crippen molar-refractivity contribution < 1.29 is 4.42 Å². The first-order valence-corrected chi connectivity index (χ1v) is 11.6. The number of aromatic nitrogens is 1. The van der Waals surface area contributed by atoms with E-state index in [4.69, 9.17) is 28.2 Å². The van der Waals surface area contributed by atoms with E-state index in [0.29, 0.717) is 10.1 Å². The highest BCUT2D eigenvalue weighted by Gasteiger charge is 2.42. The molecule has 4 aromatic rings. The van der Waals surface area contributed by atoms with Gasteiger partial charge in [-0.1, -0.05) is 29.8 Å². The molecule has 1 aliphatic heterocycles. The maximum atomic E-state index is 6.47. The van der Waals surface area contributed by atoms with Crippen LogP contribution < -0.4 is 10.2 Å². The van der Waals surface area contributed by atoms with Gasteiger partial charge in [0.25, 0.3) is 0 Å². The van der Waals surface area contributed by atoms with Crippen molar-refractivity contribution in [2.24, 2.45) is 0 Å². The molecule has 6 heteroatoms. The number of benzene rings is 2. The summed E-state index contributed by atoms with van der Waals surface area (Å²) in [5.41, 5.74) is 6.47. The molecule has 0 saturated carbocycles. The molecule has 0 amide bonds. The molecule has 0 aliphatic carbocycles. The van der Waals surface area contributed by atoms with E-state index in [-0.39, 0.29) is 12.1 Å². The molecular formula is C27H24ClN3OS. The van der Waals surface area contributed by atoms with Crippen LogP contribution in [0.2, 0.25) is 5.02 Å². The zero-order valence-corrected chi connectivity index (χ0v) is 20.2. The quantitative estimate of drug-likeness (QED) is 0.320. The lowest BCUT2D eigenvalue weighted by molar-refractivity contribution is 0.439. The van der Waals surface area contributed by atoms with E-state index < -0.39 is 0 Å². The van der Waals surface area contributed by atoms with E-state index in [1.54, 1.807) is 6.20 Å². The molecule has 4 nitrogen and oxygen atoms in total. The van der Waals surface area contributed by atoms with Crippen molar-refractivity contribution in [2.75, 3.05) is 4.90 Å². The molecule has 2 unspecified atom stereocenters. The Morgan fingerprint density at radius 1 is 0.939 bits per heavy atom. The van der Waals surface area contributed by atoms with Crippen LogP contribution in [0.15, 0.2) is 77.3 Å². The number of halogens is 1. The fourth-order valence-corrected chi connectivity index (χ4v) is 4.83. The lowest BCUT2D eigenvalue weighted by atomic mass is 10.0. The third kappa shape index (κ3) is 4.03. The first-order valence-electron chi connectivity index (χ1n) is 10.9. The lowest BCUT2D eigenvalue weighted by Gasteiger charge is -2.26. The number of hydrogen-bond donors (Lipinski definition) is 1. The second kappa shape index (κ2) is 8.65. The van der Waals surface area contributed by atoms with Crippen LogP contribution in [-0.4, -0.2) is 10.1 Å². The molecule has 0 spiro atoms. The van der Waals surface area contributed by atoms with E-state index in [1.165, 1.54) is 11.1 Å². The van der Waals surface area contributed by atoms with E-state index in [1.807, 2.05) is 48.5 Å². The summed E-state index contributed by atoms with van der Waals surface area (Å²) >= 11 is 12.1. The summed E-state index contributed by atoms with van der Waals surface area (Å²) in [6, 6.07) is 21.8. The first-order chi connectivity index (χ1) is 15.9. The maximum Gasteiger partial charge on any atom is 0.174 e. The van der Waals surface area contributed by atoms with Gasteiger partial charge in [0.1, 0.15) is 17.6 Å². The van der Waals surface area contributed by atoms with Gasteiger partial charge in [-0.25, -0.2) is 0 Å². The van der Waals surface area contributed by atoms with Gasteiger partial charge in [-0.2, -0.15) is 0 Å². The number of nitrogens with zero attached hydrogens (tertiary/aromatic N) is 2. The van der Waals surface area contributed by atoms with Crippen molar-refractivity contribution in [3.05, 3.63) is 106 Å². The molecule has 1 N–H and O–H groups in total. The molecule has 1 aliphatic rings. The SMILES string of the molecule is Cc1ccc(N2C(=S)NC(c3ccccn3)C2c2ccc(-c3cc(Cl)ccc3C)o2)cc1C. The fourth-order valence-electron chi connectivity index (χ4n) is 4.31. The minimum atomic E-state index is -0.192. The lowest BCUT2D eigenvalue weighted by Crippen LogP contribution is -2.29. The predicted molar refractivity (Wildman–Crippen MR) is 138 cm³/mol. The summed E-state index contributed by atoms with van der Waals surface area (Å²) in [5, 5.41) is 4.81. The molecule has 0 bridgehead atoms. The van der Waals surface area contributed by atoms with Crippen LogP contribution in [0, 0.1) is 20.8 Å². The number of pyridine rings is 1. The van der Waals surface area contributed by atoms with Crippen molar-refractivity contribution in [1.29, 1.82) is 0 Å². The molecular weight excluding hydrogens is 450 g/mol. The molecule has 2 aromatic carbocycles. The van der Waals surface area contributed by atoms with Crippen LogP contribution in [0.4, 0.5) is 5.69 Å². The summed E-state index contributed by atoms with van der Waals surface area (Å²) in [6.45, 7) is 6.28. The average Bonchev–Trinajstić information content (AvgIpc) is 3.42. The third-order valence-electron chi connectivity index (χ3n) is 6.25. The van der Waals surface area contributed by atoms with Gasteiger partial charge in [0.15, 0.2) is 5.11 Å².